The van der Waals surface area contributed by atoms with Gasteiger partial charge in [0.25, 0.3) is 0 Å². The van der Waals surface area contributed by atoms with Gasteiger partial charge >= 0.3 is 10.1 Å². The van der Waals surface area contributed by atoms with E-state index >= 15 is 0 Å². The van der Waals surface area contributed by atoms with Gasteiger partial charge in [0, 0.05) is 7.05 Å². The van der Waals surface area contributed by atoms with E-state index in [0.29, 0.717) is 0 Å². The number of hydrogen-bond acceptors (Lipinski definition) is 4. The minimum atomic E-state index is -4.05. The number of nitrogens with zero attached hydrogens (tertiary/aromatic N) is 1. The molecule has 0 aliphatic heterocycles. The van der Waals surface area contributed by atoms with Gasteiger partial charge in [-0.15, -0.1) is 0 Å². The smallest absolute Gasteiger partial charge is 0.280 e. The van der Waals surface area contributed by atoms with Crippen LogP contribution in [-0.2, 0) is 10.1 Å². The van der Waals surface area contributed by atoms with Crippen LogP contribution in [0.2, 0.25) is 0 Å². The van der Waals surface area contributed by atoms with Gasteiger partial charge < -0.3 is 0 Å². The summed E-state index contributed by atoms with van der Waals surface area (Å²) in [6.07, 6.45) is 1.52. The molecule has 0 atom stereocenters. The highest BCUT2D eigenvalue weighted by Crippen LogP contribution is 2.03. The lowest BCUT2D eigenvalue weighted by Gasteiger charge is -1.93. The first-order valence-corrected chi connectivity index (χ1v) is 4.67. The molecule has 4 nitrogen and oxygen atoms in total. The molecule has 0 saturated carbocycles. The maximum atomic E-state index is 10.2. The average Bonchev–Trinajstić information content (AvgIpc) is 1.65. The molecule has 0 aromatic rings. The molecule has 6 heteroatoms. The molecule has 1 N–H and O–H groups in total. The van der Waals surface area contributed by atoms with Gasteiger partial charge in [0.15, 0.2) is 0 Å². The maximum Gasteiger partial charge on any atom is 0.318 e. The lowest BCUT2D eigenvalue weighted by molar-refractivity contribution is 0.499. The first-order valence-electron chi connectivity index (χ1n) is 2.00. The molecule has 0 spiro atoms. The zero-order valence-electron chi connectivity index (χ0n) is 5.03. The van der Waals surface area contributed by atoms with Gasteiger partial charge in [0.2, 0.25) is 4.38 Å². The summed E-state index contributed by atoms with van der Waals surface area (Å²) in [7, 11) is -2.75. The van der Waals surface area contributed by atoms with Crippen LogP contribution in [0.5, 0.6) is 0 Å². The second-order valence-corrected chi connectivity index (χ2v) is 3.56. The summed E-state index contributed by atoms with van der Waals surface area (Å²) in [6.45, 7) is 0. The van der Waals surface area contributed by atoms with Crippen LogP contribution in [0.25, 0.3) is 0 Å². The van der Waals surface area contributed by atoms with Crippen molar-refractivity contribution in [3.63, 3.8) is 0 Å². The Kier molecular flexibility index (Phi) is 3.16. The quantitative estimate of drug-likeness (QED) is 0.320. The minimum absolute atomic E-state index is 0.262. The molecule has 0 saturated heterocycles. The van der Waals surface area contributed by atoms with E-state index in [1.54, 1.807) is 0 Å². The molecule has 0 radical (unpaired) electrons. The van der Waals surface area contributed by atoms with Crippen LogP contribution in [0, 0.1) is 0 Å². The maximum absolute atomic E-state index is 10.2. The van der Waals surface area contributed by atoms with E-state index < -0.39 is 10.1 Å². The predicted molar refractivity (Wildman–Crippen MR) is 38.4 cm³/mol. The molecule has 0 aliphatic carbocycles. The molecule has 0 heterocycles. The Hall–Kier alpha value is -0.0700. The molecule has 0 amide bonds. The van der Waals surface area contributed by atoms with Crippen molar-refractivity contribution < 1.29 is 13.0 Å². The van der Waals surface area contributed by atoms with Crippen molar-refractivity contribution in [3.05, 3.63) is 0 Å². The molecule has 0 unspecified atom stereocenters. The van der Waals surface area contributed by atoms with Crippen molar-refractivity contribution in [1.82, 2.24) is 0 Å². The van der Waals surface area contributed by atoms with Crippen LogP contribution >= 0.6 is 11.8 Å². The summed E-state index contributed by atoms with van der Waals surface area (Å²) in [4.78, 5) is 3.32. The molecule has 0 bridgehead atoms. The highest BCUT2D eigenvalue weighted by molar-refractivity contribution is 8.33. The minimum Gasteiger partial charge on any atom is -0.280 e. The fourth-order valence-electron chi connectivity index (χ4n) is 0.312. The van der Waals surface area contributed by atoms with E-state index in [1.807, 2.05) is 0 Å². The largest absolute Gasteiger partial charge is 0.318 e. The van der Waals surface area contributed by atoms with Crippen LogP contribution in [0.15, 0.2) is 4.99 Å². The van der Waals surface area contributed by atoms with Crippen molar-refractivity contribution in [2.75, 3.05) is 13.3 Å². The predicted octanol–water partition coefficient (Wildman–Crippen LogP) is 0.223. The summed E-state index contributed by atoms with van der Waals surface area (Å²) < 4.78 is 28.4. The van der Waals surface area contributed by atoms with Crippen molar-refractivity contribution in [2.45, 2.75) is 0 Å². The van der Waals surface area contributed by atoms with Gasteiger partial charge in [0.05, 0.1) is 0 Å². The molecular weight excluding hydrogens is 162 g/mol. The molecule has 0 aliphatic rings. The SMILES string of the molecule is C/N=C(/SC)S(=O)(=O)O. The van der Waals surface area contributed by atoms with Gasteiger partial charge in [-0.3, -0.25) is 9.55 Å². The molecule has 9 heavy (non-hydrogen) atoms. The van der Waals surface area contributed by atoms with Crippen molar-refractivity contribution >= 4 is 26.3 Å². The van der Waals surface area contributed by atoms with E-state index in [9.17, 15) is 8.42 Å². The van der Waals surface area contributed by atoms with Gasteiger partial charge in [-0.1, -0.05) is 11.8 Å². The van der Waals surface area contributed by atoms with Gasteiger partial charge in [-0.25, -0.2) is 0 Å². The summed E-state index contributed by atoms with van der Waals surface area (Å²) >= 11 is 0.889. The standard InChI is InChI=1S/C3H7NO3S2/c1-4-3(8-2)9(5,6)7/h1-2H3,(H,5,6,7)/b4-3-. The highest BCUT2D eigenvalue weighted by atomic mass is 32.3. The normalized spacial score (nSPS) is 13.9. The third-order valence-electron chi connectivity index (χ3n) is 0.578. The Morgan fingerprint density at radius 1 is 1.67 bits per heavy atom. The second kappa shape index (κ2) is 3.19. The molecular formula is C3H7NO3S2. The van der Waals surface area contributed by atoms with Crippen LogP contribution in [0.3, 0.4) is 0 Å². The second-order valence-electron chi connectivity index (χ2n) is 1.17. The molecule has 0 fully saturated rings. The van der Waals surface area contributed by atoms with E-state index in [-0.39, 0.29) is 4.38 Å². The van der Waals surface area contributed by atoms with E-state index in [0.717, 1.165) is 11.8 Å². The zero-order chi connectivity index (χ0) is 7.49. The van der Waals surface area contributed by atoms with Gasteiger partial charge in [-0.2, -0.15) is 8.42 Å². The Morgan fingerprint density at radius 2 is 2.11 bits per heavy atom. The Bertz CT molecular complexity index is 205. The molecule has 0 aromatic heterocycles. The van der Waals surface area contributed by atoms with E-state index in [1.165, 1.54) is 13.3 Å². The number of hydrogen-bond donors (Lipinski definition) is 1. The van der Waals surface area contributed by atoms with Crippen LogP contribution in [0.4, 0.5) is 0 Å². The number of aliphatic imine (C=N–C) groups is 1. The molecule has 54 valence electrons. The van der Waals surface area contributed by atoms with Crippen molar-refractivity contribution in [2.24, 2.45) is 4.99 Å². The molecule has 0 aromatic carbocycles. The Labute approximate surface area is 58.1 Å². The first-order chi connectivity index (χ1) is 4.02. The fraction of sp³-hybridized carbons (Fsp3) is 0.667. The van der Waals surface area contributed by atoms with Crippen LogP contribution in [-0.4, -0.2) is 30.6 Å². The number of thioether (sulfide) groups is 1. The highest BCUT2D eigenvalue weighted by Gasteiger charge is 2.12. The van der Waals surface area contributed by atoms with E-state index in [2.05, 4.69) is 4.99 Å². The Morgan fingerprint density at radius 3 is 2.11 bits per heavy atom. The van der Waals surface area contributed by atoms with Crippen molar-refractivity contribution in [3.8, 4) is 0 Å². The first kappa shape index (κ1) is 8.93. The third kappa shape index (κ3) is 2.83. The summed E-state index contributed by atoms with van der Waals surface area (Å²) in [5, 5.41) is 0. The van der Waals surface area contributed by atoms with Crippen molar-refractivity contribution in [1.29, 1.82) is 0 Å². The monoisotopic (exact) mass is 169 g/mol. The molecule has 0 rings (SSSR count). The van der Waals surface area contributed by atoms with E-state index in [4.69, 9.17) is 4.55 Å². The summed E-state index contributed by atoms with van der Waals surface area (Å²) in [5.41, 5.74) is 0. The number of rotatable bonds is 0. The van der Waals surface area contributed by atoms with Crippen LogP contribution in [0.1, 0.15) is 0 Å². The summed E-state index contributed by atoms with van der Waals surface area (Å²) in [6, 6.07) is 0. The lowest BCUT2D eigenvalue weighted by Crippen LogP contribution is -2.08. The van der Waals surface area contributed by atoms with Gasteiger partial charge in [0.1, 0.15) is 0 Å². The summed E-state index contributed by atoms with van der Waals surface area (Å²) in [5.74, 6) is 0. The Balaban J connectivity index is 4.56. The zero-order valence-corrected chi connectivity index (χ0v) is 6.66. The topological polar surface area (TPSA) is 66.7 Å². The third-order valence-corrected chi connectivity index (χ3v) is 2.87. The van der Waals surface area contributed by atoms with Crippen LogP contribution < -0.4 is 0 Å². The van der Waals surface area contributed by atoms with Gasteiger partial charge in [-0.05, 0) is 6.26 Å². The average molecular weight is 169 g/mol. The lowest BCUT2D eigenvalue weighted by atomic mass is 11.4. The fourth-order valence-corrected chi connectivity index (χ4v) is 1.57.